The molecule has 1 aromatic heterocycles. The van der Waals surface area contributed by atoms with Crippen LogP contribution in [-0.4, -0.2) is 63.8 Å². The fourth-order valence-corrected chi connectivity index (χ4v) is 5.42. The van der Waals surface area contributed by atoms with Crippen molar-refractivity contribution in [2.24, 2.45) is 7.05 Å². The number of hydrogen-bond acceptors (Lipinski definition) is 8. The molecular weight excluding hydrogens is 506 g/mol. The molecule has 1 fully saturated rings. The van der Waals surface area contributed by atoms with E-state index in [1.54, 1.807) is 26.3 Å². The van der Waals surface area contributed by atoms with E-state index in [0.29, 0.717) is 49.0 Å². The van der Waals surface area contributed by atoms with Crippen molar-refractivity contribution in [2.75, 3.05) is 38.2 Å². The van der Waals surface area contributed by atoms with Crippen LogP contribution in [0.3, 0.4) is 0 Å². The summed E-state index contributed by atoms with van der Waals surface area (Å²) in [6, 6.07) is 16.2. The molecule has 0 saturated carbocycles. The van der Waals surface area contributed by atoms with Crippen LogP contribution in [0.2, 0.25) is 0 Å². The normalized spacial score (nSPS) is 14.4. The molecule has 1 atom stereocenters. The Morgan fingerprint density at radius 2 is 1.76 bits per heavy atom. The summed E-state index contributed by atoms with van der Waals surface area (Å²) in [4.78, 5) is 45.7. The maximum Gasteiger partial charge on any atom is 0.269 e. The molecule has 0 radical (unpaired) electrons. The summed E-state index contributed by atoms with van der Waals surface area (Å²) in [5.74, 6) is -0.0192. The van der Waals surface area contributed by atoms with Crippen LogP contribution in [0.1, 0.15) is 23.7 Å². The van der Waals surface area contributed by atoms with Gasteiger partial charge in [0.05, 0.1) is 22.5 Å². The third kappa shape index (κ3) is 6.22. The highest BCUT2D eigenvalue weighted by Crippen LogP contribution is 2.25. The number of amides is 1. The molecule has 2 aromatic carbocycles. The zero-order valence-corrected chi connectivity index (χ0v) is 22.5. The van der Waals surface area contributed by atoms with Crippen LogP contribution in [-0.2, 0) is 29.6 Å². The molecule has 0 bridgehead atoms. The van der Waals surface area contributed by atoms with Crippen molar-refractivity contribution in [2.45, 2.75) is 30.4 Å². The zero-order valence-electron chi connectivity index (χ0n) is 21.7. The lowest BCUT2D eigenvalue weighted by Gasteiger charge is -2.37. The average molecular weight is 538 g/mol. The maximum absolute atomic E-state index is 13.3. The smallest absolute Gasteiger partial charge is 0.269 e. The van der Waals surface area contributed by atoms with E-state index in [0.717, 1.165) is 11.3 Å². The number of aromatic nitrogens is 2. The monoisotopic (exact) mass is 537 g/mol. The van der Waals surface area contributed by atoms with Gasteiger partial charge in [0.2, 0.25) is 5.91 Å². The number of thioether (sulfide) groups is 1. The largest absolute Gasteiger partial charge is 0.378 e. The van der Waals surface area contributed by atoms with E-state index in [1.165, 1.54) is 28.5 Å². The van der Waals surface area contributed by atoms with Crippen LogP contribution in [0.4, 0.5) is 11.4 Å². The van der Waals surface area contributed by atoms with Crippen LogP contribution in [0.15, 0.2) is 64.5 Å². The minimum Gasteiger partial charge on any atom is -0.378 e. The number of non-ortho nitro benzene ring substituents is 1. The molecule has 200 valence electrons. The number of carbonyl (C=O) groups excluding carboxylic acids is 1. The molecule has 38 heavy (non-hydrogen) atoms. The minimum absolute atomic E-state index is 0.0192. The first-order chi connectivity index (χ1) is 18.3. The second-order valence-electron chi connectivity index (χ2n) is 9.13. The fourth-order valence-electron chi connectivity index (χ4n) is 4.45. The fraction of sp³-hybridized carbons (Fsp3) is 0.370. The van der Waals surface area contributed by atoms with Gasteiger partial charge in [-0.15, -0.1) is 0 Å². The molecule has 1 aliphatic rings. The average Bonchev–Trinajstić information content (AvgIpc) is 2.94. The third-order valence-electron chi connectivity index (χ3n) is 6.58. The number of carbonyl (C=O) groups is 1. The SMILES string of the molecule is COCc1nc(SC(C)C(=O)N2CCN(c3ccc([N+](=O)[O-])cc3)CC2)n(C)c(=O)c1Cc1ccccc1. The Labute approximate surface area is 225 Å². The maximum atomic E-state index is 13.3. The summed E-state index contributed by atoms with van der Waals surface area (Å²) in [5.41, 5.74) is 2.99. The van der Waals surface area contributed by atoms with Crippen molar-refractivity contribution in [1.82, 2.24) is 14.5 Å². The van der Waals surface area contributed by atoms with E-state index in [1.807, 2.05) is 42.2 Å². The number of nitrogens with zero attached hydrogens (tertiary/aromatic N) is 5. The Morgan fingerprint density at radius 1 is 1.11 bits per heavy atom. The van der Waals surface area contributed by atoms with Crippen molar-refractivity contribution >= 4 is 29.0 Å². The van der Waals surface area contributed by atoms with Crippen LogP contribution in [0.25, 0.3) is 0 Å². The van der Waals surface area contributed by atoms with E-state index in [2.05, 4.69) is 4.90 Å². The van der Waals surface area contributed by atoms with Gasteiger partial charge in [-0.05, 0) is 24.6 Å². The Bertz CT molecular complexity index is 1340. The van der Waals surface area contributed by atoms with Gasteiger partial charge in [-0.25, -0.2) is 4.98 Å². The molecule has 0 N–H and O–H groups in total. The lowest BCUT2D eigenvalue weighted by Crippen LogP contribution is -2.50. The number of hydrogen-bond donors (Lipinski definition) is 0. The predicted molar refractivity (Wildman–Crippen MR) is 147 cm³/mol. The van der Waals surface area contributed by atoms with Crippen molar-refractivity contribution in [3.05, 3.63) is 91.9 Å². The summed E-state index contributed by atoms with van der Waals surface area (Å²) in [5, 5.41) is 10.9. The summed E-state index contributed by atoms with van der Waals surface area (Å²) in [6.07, 6.45) is 0.456. The van der Waals surface area contributed by atoms with Gasteiger partial charge < -0.3 is 14.5 Å². The van der Waals surface area contributed by atoms with Gasteiger partial charge in [0.25, 0.3) is 11.2 Å². The van der Waals surface area contributed by atoms with E-state index in [9.17, 15) is 19.7 Å². The van der Waals surface area contributed by atoms with Gasteiger partial charge >= 0.3 is 0 Å². The second-order valence-corrected chi connectivity index (χ2v) is 10.4. The molecule has 10 nitrogen and oxygen atoms in total. The lowest BCUT2D eigenvalue weighted by molar-refractivity contribution is -0.384. The number of piperazine rings is 1. The number of nitro groups is 1. The van der Waals surface area contributed by atoms with E-state index < -0.39 is 10.2 Å². The van der Waals surface area contributed by atoms with Gasteiger partial charge in [0.15, 0.2) is 5.16 Å². The van der Waals surface area contributed by atoms with Gasteiger partial charge in [0, 0.05) is 70.1 Å². The van der Waals surface area contributed by atoms with Crippen molar-refractivity contribution in [1.29, 1.82) is 0 Å². The molecule has 3 aromatic rings. The molecule has 11 heteroatoms. The number of anilines is 1. The molecule has 1 amide bonds. The topological polar surface area (TPSA) is 111 Å². The third-order valence-corrected chi connectivity index (χ3v) is 7.71. The number of rotatable bonds is 9. The van der Waals surface area contributed by atoms with Crippen molar-refractivity contribution in [3.8, 4) is 0 Å². The Kier molecular flexibility index (Phi) is 8.80. The standard InChI is InChI=1S/C27H31N5O5S/c1-19(25(33)31-15-13-30(14-16-31)21-9-11-22(12-10-21)32(35)36)38-27-28-24(18-37-3)23(26(34)29(27)2)17-20-7-5-4-6-8-20/h4-12,19H,13-18H2,1-3H3. The van der Waals surface area contributed by atoms with Crippen LogP contribution < -0.4 is 10.5 Å². The highest BCUT2D eigenvalue weighted by Gasteiger charge is 2.27. The quantitative estimate of drug-likeness (QED) is 0.177. The number of benzene rings is 2. The first-order valence-corrected chi connectivity index (χ1v) is 13.2. The summed E-state index contributed by atoms with van der Waals surface area (Å²) in [7, 11) is 3.25. The molecule has 1 saturated heterocycles. The molecule has 0 spiro atoms. The minimum atomic E-state index is -0.436. The second kappa shape index (κ2) is 12.2. The summed E-state index contributed by atoms with van der Waals surface area (Å²) >= 11 is 1.27. The molecule has 2 heterocycles. The van der Waals surface area contributed by atoms with Crippen LogP contribution in [0.5, 0.6) is 0 Å². The van der Waals surface area contributed by atoms with E-state index >= 15 is 0 Å². The molecule has 1 aliphatic heterocycles. The van der Waals surface area contributed by atoms with Crippen molar-refractivity contribution < 1.29 is 14.5 Å². The Hall–Kier alpha value is -3.70. The number of ether oxygens (including phenoxy) is 1. The molecule has 0 aliphatic carbocycles. The summed E-state index contributed by atoms with van der Waals surface area (Å²) in [6.45, 7) is 4.37. The van der Waals surface area contributed by atoms with Crippen LogP contribution in [0, 0.1) is 10.1 Å². The van der Waals surface area contributed by atoms with Crippen molar-refractivity contribution in [3.63, 3.8) is 0 Å². The first-order valence-electron chi connectivity index (χ1n) is 12.3. The molecular formula is C27H31N5O5S. The Balaban J connectivity index is 1.43. The van der Waals surface area contributed by atoms with Gasteiger partial charge in [-0.1, -0.05) is 42.1 Å². The highest BCUT2D eigenvalue weighted by molar-refractivity contribution is 8.00. The Morgan fingerprint density at radius 3 is 2.37 bits per heavy atom. The number of nitro benzene ring substituents is 1. The van der Waals surface area contributed by atoms with Crippen LogP contribution >= 0.6 is 11.8 Å². The molecule has 1 unspecified atom stereocenters. The van der Waals surface area contributed by atoms with E-state index in [-0.39, 0.29) is 23.8 Å². The number of methoxy groups -OCH3 is 1. The predicted octanol–water partition coefficient (Wildman–Crippen LogP) is 3.26. The first kappa shape index (κ1) is 27.3. The lowest BCUT2D eigenvalue weighted by atomic mass is 10.0. The highest BCUT2D eigenvalue weighted by atomic mass is 32.2. The van der Waals surface area contributed by atoms with E-state index in [4.69, 9.17) is 9.72 Å². The van der Waals surface area contributed by atoms with Gasteiger partial charge in [-0.2, -0.15) is 0 Å². The van der Waals surface area contributed by atoms with Gasteiger partial charge in [0.1, 0.15) is 0 Å². The zero-order chi connectivity index (χ0) is 27.2. The molecule has 4 rings (SSSR count). The van der Waals surface area contributed by atoms with Gasteiger partial charge in [-0.3, -0.25) is 24.3 Å². The summed E-state index contributed by atoms with van der Waals surface area (Å²) < 4.78 is 6.85.